The van der Waals surface area contributed by atoms with Gasteiger partial charge in [-0.25, -0.2) is 9.97 Å². The van der Waals surface area contributed by atoms with Crippen molar-refractivity contribution in [3.8, 4) is 16.9 Å². The van der Waals surface area contributed by atoms with Gasteiger partial charge >= 0.3 is 5.97 Å². The molecule has 2 aromatic heterocycles. The molecule has 0 radical (unpaired) electrons. The number of methoxy groups -OCH3 is 1. The van der Waals surface area contributed by atoms with Gasteiger partial charge in [0.05, 0.1) is 18.4 Å². The molecule has 3 heterocycles. The van der Waals surface area contributed by atoms with Crippen LogP contribution in [0.15, 0.2) is 30.6 Å². The molecule has 1 aliphatic rings. The molecule has 1 N–H and O–H groups in total. The number of rotatable bonds is 4. The molecule has 0 atom stereocenters. The molecule has 27 heavy (non-hydrogen) atoms. The molecule has 0 spiro atoms. The van der Waals surface area contributed by atoms with Gasteiger partial charge in [-0.3, -0.25) is 4.79 Å². The molecule has 1 saturated heterocycles. The molecule has 7 heteroatoms. The van der Waals surface area contributed by atoms with Crippen molar-refractivity contribution in [1.29, 1.82) is 0 Å². The van der Waals surface area contributed by atoms with E-state index >= 15 is 0 Å². The number of ether oxygens (including phenoxy) is 1. The van der Waals surface area contributed by atoms with E-state index in [-0.39, 0.29) is 5.92 Å². The molecule has 1 aromatic carbocycles. The minimum Gasteiger partial charge on any atom is -0.497 e. The molecule has 3 aromatic rings. The van der Waals surface area contributed by atoms with Crippen LogP contribution in [0.5, 0.6) is 5.75 Å². The molecular formula is C20H21N3O3S. The van der Waals surface area contributed by atoms with Crippen molar-refractivity contribution < 1.29 is 14.6 Å². The zero-order valence-electron chi connectivity index (χ0n) is 15.3. The third-order valence-electron chi connectivity index (χ3n) is 5.17. The average Bonchev–Trinajstić information content (AvgIpc) is 3.04. The predicted molar refractivity (Wildman–Crippen MR) is 107 cm³/mol. The van der Waals surface area contributed by atoms with E-state index in [1.54, 1.807) is 24.8 Å². The lowest BCUT2D eigenvalue weighted by Gasteiger charge is -2.31. The first-order chi connectivity index (χ1) is 13.1. The summed E-state index contributed by atoms with van der Waals surface area (Å²) < 4.78 is 5.27. The van der Waals surface area contributed by atoms with Crippen molar-refractivity contribution in [3.05, 3.63) is 35.5 Å². The number of aromatic nitrogens is 2. The fourth-order valence-corrected chi connectivity index (χ4v) is 4.72. The van der Waals surface area contributed by atoms with Gasteiger partial charge in [0.15, 0.2) is 0 Å². The second kappa shape index (κ2) is 7.15. The summed E-state index contributed by atoms with van der Waals surface area (Å²) in [4.78, 5) is 24.7. The van der Waals surface area contributed by atoms with Crippen molar-refractivity contribution in [2.75, 3.05) is 25.1 Å². The van der Waals surface area contributed by atoms with Crippen molar-refractivity contribution in [2.24, 2.45) is 5.92 Å². The highest BCUT2D eigenvalue weighted by Gasteiger charge is 2.27. The van der Waals surface area contributed by atoms with Gasteiger partial charge in [-0.1, -0.05) is 12.1 Å². The number of aliphatic carboxylic acids is 1. The maximum absolute atomic E-state index is 11.3. The van der Waals surface area contributed by atoms with Crippen LogP contribution in [0.4, 0.5) is 5.82 Å². The zero-order chi connectivity index (χ0) is 19.0. The Kier molecular flexibility index (Phi) is 4.70. The van der Waals surface area contributed by atoms with Crippen LogP contribution in [0.1, 0.15) is 17.7 Å². The molecule has 0 amide bonds. The Hall–Kier alpha value is -2.67. The van der Waals surface area contributed by atoms with Gasteiger partial charge in [0.1, 0.15) is 22.7 Å². The summed E-state index contributed by atoms with van der Waals surface area (Å²) in [5, 5.41) is 10.3. The molecule has 0 unspecified atom stereocenters. The fourth-order valence-electron chi connectivity index (χ4n) is 3.71. The first-order valence-corrected chi connectivity index (χ1v) is 9.76. The number of carboxylic acids is 1. The number of nitrogens with zero attached hydrogens (tertiary/aromatic N) is 3. The summed E-state index contributed by atoms with van der Waals surface area (Å²) >= 11 is 1.66. The molecule has 140 valence electrons. The summed E-state index contributed by atoms with van der Waals surface area (Å²) in [5.41, 5.74) is 2.25. The number of hydrogen-bond donors (Lipinski definition) is 1. The summed E-state index contributed by atoms with van der Waals surface area (Å²) in [6.07, 6.45) is 2.89. The number of aryl methyl sites for hydroxylation is 1. The second-order valence-corrected chi connectivity index (χ2v) is 7.94. The Morgan fingerprint density at radius 3 is 2.56 bits per heavy atom. The highest BCUT2D eigenvalue weighted by Crippen LogP contribution is 2.42. The van der Waals surface area contributed by atoms with E-state index in [1.165, 1.54) is 4.88 Å². The number of carbonyl (C=O) groups is 1. The van der Waals surface area contributed by atoms with E-state index < -0.39 is 5.97 Å². The second-order valence-electron chi connectivity index (χ2n) is 6.74. The Morgan fingerprint density at radius 2 is 1.93 bits per heavy atom. The van der Waals surface area contributed by atoms with Crippen LogP contribution < -0.4 is 9.64 Å². The highest BCUT2D eigenvalue weighted by molar-refractivity contribution is 7.19. The maximum Gasteiger partial charge on any atom is 0.306 e. The van der Waals surface area contributed by atoms with E-state index in [4.69, 9.17) is 4.74 Å². The topological polar surface area (TPSA) is 75.6 Å². The average molecular weight is 383 g/mol. The van der Waals surface area contributed by atoms with Gasteiger partial charge in [-0.2, -0.15) is 0 Å². The summed E-state index contributed by atoms with van der Waals surface area (Å²) in [6, 6.07) is 8.03. The standard InChI is InChI=1S/C20H21N3O3S/c1-12-16(13-3-5-15(26-2)6-4-13)17-18(21-11-22-19(17)27-12)23-9-7-14(8-10-23)20(24)25/h3-6,11,14H,7-10H2,1-2H3,(H,24,25). The highest BCUT2D eigenvalue weighted by atomic mass is 32.1. The molecule has 1 aliphatic heterocycles. The number of anilines is 1. The smallest absolute Gasteiger partial charge is 0.306 e. The quantitative estimate of drug-likeness (QED) is 0.735. The van der Waals surface area contributed by atoms with E-state index in [1.807, 2.05) is 12.1 Å². The van der Waals surface area contributed by atoms with E-state index in [2.05, 4.69) is 33.9 Å². The zero-order valence-corrected chi connectivity index (χ0v) is 16.1. The predicted octanol–water partition coefficient (Wildman–Crippen LogP) is 3.98. The third kappa shape index (κ3) is 3.23. The number of thiophene rings is 1. The number of piperidine rings is 1. The van der Waals surface area contributed by atoms with Gasteiger partial charge in [0.25, 0.3) is 0 Å². The normalized spacial score (nSPS) is 15.3. The van der Waals surface area contributed by atoms with Crippen molar-refractivity contribution in [2.45, 2.75) is 19.8 Å². The molecular weight excluding hydrogens is 362 g/mol. The molecule has 6 nitrogen and oxygen atoms in total. The first kappa shape index (κ1) is 17.7. The van der Waals surface area contributed by atoms with Crippen LogP contribution in [0, 0.1) is 12.8 Å². The molecule has 4 rings (SSSR count). The van der Waals surface area contributed by atoms with Crippen LogP contribution in [-0.4, -0.2) is 41.2 Å². The monoisotopic (exact) mass is 383 g/mol. The van der Waals surface area contributed by atoms with E-state index in [0.717, 1.165) is 32.9 Å². The van der Waals surface area contributed by atoms with Gasteiger partial charge in [-0.15, -0.1) is 11.3 Å². The SMILES string of the molecule is COc1ccc(-c2c(C)sc3ncnc(N4CCC(C(=O)O)CC4)c23)cc1. The Balaban J connectivity index is 1.77. The van der Waals surface area contributed by atoms with Crippen molar-refractivity contribution in [1.82, 2.24) is 9.97 Å². The molecule has 1 fully saturated rings. The minimum absolute atomic E-state index is 0.260. The Morgan fingerprint density at radius 1 is 1.22 bits per heavy atom. The minimum atomic E-state index is -0.701. The largest absolute Gasteiger partial charge is 0.497 e. The molecule has 0 aliphatic carbocycles. The van der Waals surface area contributed by atoms with Gasteiger partial charge in [0, 0.05) is 23.5 Å². The summed E-state index contributed by atoms with van der Waals surface area (Å²) in [7, 11) is 1.66. The van der Waals surface area contributed by atoms with Crippen LogP contribution in [0.2, 0.25) is 0 Å². The Bertz CT molecular complexity index is 976. The van der Waals surface area contributed by atoms with Gasteiger partial charge in [0.2, 0.25) is 0 Å². The van der Waals surface area contributed by atoms with Crippen LogP contribution in [-0.2, 0) is 4.79 Å². The van der Waals surface area contributed by atoms with E-state index in [9.17, 15) is 9.90 Å². The van der Waals surface area contributed by atoms with Gasteiger partial charge < -0.3 is 14.7 Å². The maximum atomic E-state index is 11.3. The van der Waals surface area contributed by atoms with E-state index in [0.29, 0.717) is 25.9 Å². The number of carboxylic acid groups (broad SMARTS) is 1. The van der Waals surface area contributed by atoms with Crippen molar-refractivity contribution in [3.63, 3.8) is 0 Å². The number of fused-ring (bicyclic) bond motifs is 1. The number of hydrogen-bond acceptors (Lipinski definition) is 6. The fraction of sp³-hybridized carbons (Fsp3) is 0.350. The van der Waals surface area contributed by atoms with Crippen LogP contribution >= 0.6 is 11.3 Å². The lowest BCUT2D eigenvalue weighted by Crippen LogP contribution is -2.36. The third-order valence-corrected chi connectivity index (χ3v) is 6.18. The molecule has 0 saturated carbocycles. The molecule has 0 bridgehead atoms. The Labute approximate surface area is 161 Å². The van der Waals surface area contributed by atoms with Crippen LogP contribution in [0.25, 0.3) is 21.3 Å². The lowest BCUT2D eigenvalue weighted by molar-refractivity contribution is -0.142. The summed E-state index contributed by atoms with van der Waals surface area (Å²) in [5.74, 6) is 0.763. The first-order valence-electron chi connectivity index (χ1n) is 8.94. The van der Waals surface area contributed by atoms with Gasteiger partial charge in [-0.05, 0) is 37.5 Å². The van der Waals surface area contributed by atoms with Crippen LogP contribution in [0.3, 0.4) is 0 Å². The number of benzene rings is 1. The van der Waals surface area contributed by atoms with Crippen molar-refractivity contribution >= 4 is 33.3 Å². The lowest BCUT2D eigenvalue weighted by atomic mass is 9.96. The summed E-state index contributed by atoms with van der Waals surface area (Å²) in [6.45, 7) is 3.49.